The van der Waals surface area contributed by atoms with Gasteiger partial charge < -0.3 is 14.8 Å². The molecule has 0 unspecified atom stereocenters. The van der Waals surface area contributed by atoms with Gasteiger partial charge in [-0.2, -0.15) is 0 Å². The summed E-state index contributed by atoms with van der Waals surface area (Å²) in [5.74, 6) is 0. The van der Waals surface area contributed by atoms with Gasteiger partial charge in [0.1, 0.15) is 0 Å². The van der Waals surface area contributed by atoms with Crippen LogP contribution < -0.4 is 5.32 Å². The number of benzene rings is 2. The molecule has 142 valence electrons. The van der Waals surface area contributed by atoms with Crippen molar-refractivity contribution in [1.82, 2.24) is 14.8 Å². The summed E-state index contributed by atoms with van der Waals surface area (Å²) >= 11 is 1.67. The maximum Gasteiger partial charge on any atom is 0.318 e. The molecule has 4 rings (SSSR count). The van der Waals surface area contributed by atoms with Gasteiger partial charge in [0.15, 0.2) is 0 Å². The molecule has 2 amide bonds. The third-order valence-corrected chi connectivity index (χ3v) is 5.79. The molecule has 4 aromatic rings. The second-order valence-electron chi connectivity index (χ2n) is 6.84. The van der Waals surface area contributed by atoms with E-state index in [2.05, 4.69) is 46.3 Å². The first-order valence-electron chi connectivity index (χ1n) is 9.33. The topological polar surface area (TPSA) is 37.3 Å². The molecule has 0 bridgehead atoms. The van der Waals surface area contributed by atoms with E-state index in [1.54, 1.807) is 11.3 Å². The van der Waals surface area contributed by atoms with E-state index in [-0.39, 0.29) is 6.03 Å². The van der Waals surface area contributed by atoms with Crippen molar-refractivity contribution < 1.29 is 4.79 Å². The Morgan fingerprint density at radius 2 is 1.86 bits per heavy atom. The number of hydrogen-bond acceptors (Lipinski definition) is 2. The van der Waals surface area contributed by atoms with Crippen molar-refractivity contribution in [2.45, 2.75) is 19.6 Å². The maximum atomic E-state index is 13.0. The third kappa shape index (κ3) is 4.10. The van der Waals surface area contributed by atoms with Crippen LogP contribution in [0.2, 0.25) is 0 Å². The monoisotopic (exact) mass is 389 g/mol. The van der Waals surface area contributed by atoms with Crippen LogP contribution in [0.3, 0.4) is 0 Å². The van der Waals surface area contributed by atoms with Gasteiger partial charge >= 0.3 is 6.03 Å². The van der Waals surface area contributed by atoms with Crippen molar-refractivity contribution in [2.24, 2.45) is 7.05 Å². The van der Waals surface area contributed by atoms with E-state index in [0.717, 1.165) is 11.3 Å². The van der Waals surface area contributed by atoms with Gasteiger partial charge in [-0.05, 0) is 39.9 Å². The standard InChI is InChI=1S/C23H23N3OS/c1-25-13-5-10-20(25)16-26(17-21-11-6-14-28-21)23(27)24-15-19-9-4-8-18-7-2-3-12-22(18)19/h2-14H,15-17H2,1H3,(H,24,27). The largest absolute Gasteiger partial charge is 0.353 e. The Kier molecular flexibility index (Phi) is 5.44. The highest BCUT2D eigenvalue weighted by Crippen LogP contribution is 2.19. The molecule has 0 aliphatic rings. The number of rotatable bonds is 6. The zero-order valence-corrected chi connectivity index (χ0v) is 16.7. The van der Waals surface area contributed by atoms with Gasteiger partial charge in [-0.15, -0.1) is 11.3 Å². The SMILES string of the molecule is Cn1cccc1CN(Cc1cccs1)C(=O)NCc1cccc2ccccc12. The zero-order valence-electron chi connectivity index (χ0n) is 15.8. The Balaban J connectivity index is 1.50. The minimum atomic E-state index is -0.0532. The second-order valence-corrected chi connectivity index (χ2v) is 7.88. The molecule has 0 spiro atoms. The normalized spacial score (nSPS) is 10.9. The lowest BCUT2D eigenvalue weighted by Crippen LogP contribution is -2.39. The molecular formula is C23H23N3OS. The Bertz CT molecular complexity index is 1060. The Labute approximate surface area is 169 Å². The molecule has 28 heavy (non-hydrogen) atoms. The lowest BCUT2D eigenvalue weighted by Gasteiger charge is -2.23. The first-order chi connectivity index (χ1) is 13.7. The summed E-state index contributed by atoms with van der Waals surface area (Å²) < 4.78 is 2.05. The lowest BCUT2D eigenvalue weighted by atomic mass is 10.0. The minimum absolute atomic E-state index is 0.0532. The summed E-state index contributed by atoms with van der Waals surface area (Å²) in [6, 6.07) is 22.6. The Morgan fingerprint density at radius 1 is 1.00 bits per heavy atom. The molecule has 5 heteroatoms. The van der Waals surface area contributed by atoms with Crippen molar-refractivity contribution in [3.63, 3.8) is 0 Å². The first-order valence-corrected chi connectivity index (χ1v) is 10.2. The Hall–Kier alpha value is -3.05. The number of amides is 2. The summed E-state index contributed by atoms with van der Waals surface area (Å²) in [6.07, 6.45) is 2.01. The van der Waals surface area contributed by atoms with E-state index in [0.29, 0.717) is 19.6 Å². The smallest absolute Gasteiger partial charge is 0.318 e. The average molecular weight is 390 g/mol. The molecule has 2 aromatic heterocycles. The summed E-state index contributed by atoms with van der Waals surface area (Å²) in [7, 11) is 2.01. The van der Waals surface area contributed by atoms with E-state index in [1.807, 2.05) is 53.9 Å². The van der Waals surface area contributed by atoms with Crippen LogP contribution in [0, 0.1) is 0 Å². The number of nitrogens with one attached hydrogen (secondary N) is 1. The maximum absolute atomic E-state index is 13.0. The molecule has 0 fully saturated rings. The fourth-order valence-electron chi connectivity index (χ4n) is 3.38. The molecule has 0 radical (unpaired) electrons. The molecule has 1 N–H and O–H groups in total. The number of carbonyl (C=O) groups is 1. The number of urea groups is 1. The highest BCUT2D eigenvalue weighted by molar-refractivity contribution is 7.09. The summed E-state index contributed by atoms with van der Waals surface area (Å²) in [6.45, 7) is 1.68. The quantitative estimate of drug-likeness (QED) is 0.486. The third-order valence-electron chi connectivity index (χ3n) is 4.93. The van der Waals surface area contributed by atoms with Gasteiger partial charge in [0, 0.05) is 30.4 Å². The van der Waals surface area contributed by atoms with Crippen molar-refractivity contribution in [3.05, 3.63) is 94.4 Å². The summed E-state index contributed by atoms with van der Waals surface area (Å²) in [5.41, 5.74) is 2.23. The van der Waals surface area contributed by atoms with Gasteiger partial charge in [-0.1, -0.05) is 48.5 Å². The predicted octanol–water partition coefficient (Wildman–Crippen LogP) is 5.15. The number of fused-ring (bicyclic) bond motifs is 1. The molecular weight excluding hydrogens is 366 g/mol. The predicted molar refractivity (Wildman–Crippen MR) is 115 cm³/mol. The van der Waals surface area contributed by atoms with Crippen LogP contribution in [0.15, 0.2) is 78.3 Å². The highest BCUT2D eigenvalue weighted by atomic mass is 32.1. The van der Waals surface area contributed by atoms with Crippen molar-refractivity contribution >= 4 is 28.1 Å². The molecule has 2 heterocycles. The second kappa shape index (κ2) is 8.31. The van der Waals surface area contributed by atoms with Crippen LogP contribution in [0.1, 0.15) is 16.1 Å². The van der Waals surface area contributed by atoms with Gasteiger partial charge in [-0.3, -0.25) is 0 Å². The van der Waals surface area contributed by atoms with Crippen LogP contribution in [0.5, 0.6) is 0 Å². The van der Waals surface area contributed by atoms with Crippen LogP contribution >= 0.6 is 11.3 Å². The van der Waals surface area contributed by atoms with Crippen LogP contribution in [-0.4, -0.2) is 15.5 Å². The zero-order chi connectivity index (χ0) is 19.3. The van der Waals surface area contributed by atoms with E-state index < -0.39 is 0 Å². The number of aryl methyl sites for hydroxylation is 1. The van der Waals surface area contributed by atoms with Crippen LogP contribution in [-0.2, 0) is 26.7 Å². The molecule has 0 atom stereocenters. The average Bonchev–Trinajstić information content (AvgIpc) is 3.37. The van der Waals surface area contributed by atoms with Crippen LogP contribution in [0.25, 0.3) is 10.8 Å². The van der Waals surface area contributed by atoms with Crippen molar-refractivity contribution in [1.29, 1.82) is 0 Å². The molecule has 4 nitrogen and oxygen atoms in total. The van der Waals surface area contributed by atoms with E-state index >= 15 is 0 Å². The number of aromatic nitrogens is 1. The van der Waals surface area contributed by atoms with Gasteiger partial charge in [0.25, 0.3) is 0 Å². The van der Waals surface area contributed by atoms with Gasteiger partial charge in [0.2, 0.25) is 0 Å². The minimum Gasteiger partial charge on any atom is -0.353 e. The highest BCUT2D eigenvalue weighted by Gasteiger charge is 2.16. The molecule has 0 aliphatic heterocycles. The van der Waals surface area contributed by atoms with Crippen molar-refractivity contribution in [3.8, 4) is 0 Å². The number of carbonyl (C=O) groups excluding carboxylic acids is 1. The van der Waals surface area contributed by atoms with Crippen molar-refractivity contribution in [2.75, 3.05) is 0 Å². The molecule has 0 saturated heterocycles. The van der Waals surface area contributed by atoms with Crippen LogP contribution in [0.4, 0.5) is 4.79 Å². The van der Waals surface area contributed by atoms with E-state index in [4.69, 9.17) is 0 Å². The number of hydrogen-bond donors (Lipinski definition) is 1. The number of thiophene rings is 1. The summed E-state index contributed by atoms with van der Waals surface area (Å²) in [5, 5.41) is 7.53. The summed E-state index contributed by atoms with van der Waals surface area (Å²) in [4.78, 5) is 16.1. The Morgan fingerprint density at radius 3 is 2.64 bits per heavy atom. The molecule has 2 aromatic carbocycles. The fourth-order valence-corrected chi connectivity index (χ4v) is 4.10. The first kappa shape index (κ1) is 18.3. The molecule has 0 saturated carbocycles. The van der Waals surface area contributed by atoms with Gasteiger partial charge in [0.05, 0.1) is 13.1 Å². The lowest BCUT2D eigenvalue weighted by molar-refractivity contribution is 0.191. The van der Waals surface area contributed by atoms with Gasteiger partial charge in [-0.25, -0.2) is 4.79 Å². The van der Waals surface area contributed by atoms with E-state index in [9.17, 15) is 4.79 Å². The molecule has 0 aliphatic carbocycles. The number of nitrogens with zero attached hydrogens (tertiary/aromatic N) is 2. The van der Waals surface area contributed by atoms with E-state index in [1.165, 1.54) is 15.6 Å². The fraction of sp³-hybridized carbons (Fsp3) is 0.174.